The largest absolute Gasteiger partial charge is 0.467 e. The molecule has 3 heterocycles. The number of benzene rings is 2. The van der Waals surface area contributed by atoms with Crippen LogP contribution < -0.4 is 10.1 Å². The SMILES string of the molecule is COCOc1ccc(F)cc1C(NC(=O)c1ncc(Br)s1)c1nc2ccccc2n1C1CCCCO1. The summed E-state index contributed by atoms with van der Waals surface area (Å²) in [5.41, 5.74) is 2.02. The fourth-order valence-electron chi connectivity index (χ4n) is 4.33. The van der Waals surface area contributed by atoms with Crippen LogP contribution in [0.2, 0.25) is 0 Å². The Kier molecular flexibility index (Phi) is 7.61. The molecule has 4 aromatic rings. The molecule has 0 bridgehead atoms. The number of methoxy groups -OCH3 is 1. The van der Waals surface area contributed by atoms with Crippen LogP contribution in [0.25, 0.3) is 11.0 Å². The Morgan fingerprint density at radius 3 is 2.94 bits per heavy atom. The third-order valence-corrected chi connectivity index (χ3v) is 7.36. The molecule has 2 aromatic heterocycles. The van der Waals surface area contributed by atoms with Crippen molar-refractivity contribution in [2.45, 2.75) is 31.5 Å². The quantitative estimate of drug-likeness (QED) is 0.276. The van der Waals surface area contributed by atoms with Crippen molar-refractivity contribution >= 4 is 44.2 Å². The number of hydrogen-bond acceptors (Lipinski definition) is 7. The molecule has 2 aromatic carbocycles. The van der Waals surface area contributed by atoms with Gasteiger partial charge in [0.25, 0.3) is 5.91 Å². The summed E-state index contributed by atoms with van der Waals surface area (Å²) in [6.07, 6.45) is 4.07. The van der Waals surface area contributed by atoms with E-state index in [1.54, 1.807) is 6.20 Å². The smallest absolute Gasteiger partial charge is 0.281 e. The van der Waals surface area contributed by atoms with Crippen LogP contribution in [0.4, 0.5) is 4.39 Å². The number of carbonyl (C=O) groups is 1. The number of halogens is 2. The maximum atomic E-state index is 14.6. The van der Waals surface area contributed by atoms with E-state index in [1.807, 2.05) is 28.8 Å². The summed E-state index contributed by atoms with van der Waals surface area (Å²) in [6.45, 7) is 0.587. The van der Waals surface area contributed by atoms with E-state index in [0.717, 1.165) is 34.1 Å². The number of aromatic nitrogens is 3. The highest BCUT2D eigenvalue weighted by molar-refractivity contribution is 9.11. The molecule has 1 fully saturated rings. The Morgan fingerprint density at radius 1 is 1.33 bits per heavy atom. The normalized spacial score (nSPS) is 16.7. The lowest BCUT2D eigenvalue weighted by molar-refractivity contribution is -0.0315. The summed E-state index contributed by atoms with van der Waals surface area (Å²) in [5.74, 6) is -0.00427. The van der Waals surface area contributed by atoms with Crippen LogP contribution in [0.1, 0.15) is 52.7 Å². The van der Waals surface area contributed by atoms with Gasteiger partial charge >= 0.3 is 0 Å². The van der Waals surface area contributed by atoms with Gasteiger partial charge in [-0.25, -0.2) is 14.4 Å². The zero-order valence-corrected chi connectivity index (χ0v) is 21.9. The van der Waals surface area contributed by atoms with Crippen molar-refractivity contribution in [1.82, 2.24) is 19.9 Å². The van der Waals surface area contributed by atoms with Crippen molar-refractivity contribution in [3.8, 4) is 5.75 Å². The third-order valence-electron chi connectivity index (χ3n) is 5.89. The second-order valence-electron chi connectivity index (χ2n) is 8.26. The first-order valence-corrected chi connectivity index (χ1v) is 13.1. The van der Waals surface area contributed by atoms with Crippen LogP contribution in [0.15, 0.2) is 52.4 Å². The Bertz CT molecular complexity index is 1370. The number of hydrogen-bond donors (Lipinski definition) is 1. The maximum Gasteiger partial charge on any atom is 0.281 e. The summed E-state index contributed by atoms with van der Waals surface area (Å²) < 4.78 is 34.3. The van der Waals surface area contributed by atoms with Crippen LogP contribution in [-0.2, 0) is 9.47 Å². The number of carbonyl (C=O) groups excluding carboxylic acids is 1. The predicted octanol–water partition coefficient (Wildman–Crippen LogP) is 5.60. The van der Waals surface area contributed by atoms with E-state index in [0.29, 0.717) is 23.7 Å². The summed E-state index contributed by atoms with van der Waals surface area (Å²) in [4.78, 5) is 22.4. The molecule has 11 heteroatoms. The summed E-state index contributed by atoms with van der Waals surface area (Å²) >= 11 is 4.56. The molecule has 1 aliphatic heterocycles. The number of fused-ring (bicyclic) bond motifs is 1. The molecule has 36 heavy (non-hydrogen) atoms. The number of nitrogens with zero attached hydrogens (tertiary/aromatic N) is 3. The minimum Gasteiger partial charge on any atom is -0.467 e. The predicted molar refractivity (Wildman–Crippen MR) is 137 cm³/mol. The van der Waals surface area contributed by atoms with Crippen molar-refractivity contribution in [3.05, 3.63) is 74.7 Å². The second kappa shape index (κ2) is 11.0. The zero-order valence-electron chi connectivity index (χ0n) is 19.4. The zero-order chi connectivity index (χ0) is 25.1. The van der Waals surface area contributed by atoms with Crippen molar-refractivity contribution in [2.24, 2.45) is 0 Å². The molecule has 2 atom stereocenters. The lowest BCUT2D eigenvalue weighted by atomic mass is 10.0. The first-order chi connectivity index (χ1) is 17.5. The molecule has 0 saturated carbocycles. The molecule has 188 valence electrons. The Morgan fingerprint density at radius 2 is 2.19 bits per heavy atom. The average molecular weight is 575 g/mol. The minimum atomic E-state index is -0.861. The lowest BCUT2D eigenvalue weighted by Gasteiger charge is -2.29. The van der Waals surface area contributed by atoms with E-state index in [2.05, 4.69) is 26.2 Å². The summed E-state index contributed by atoms with van der Waals surface area (Å²) in [7, 11) is 1.50. The third kappa shape index (κ3) is 5.15. The van der Waals surface area contributed by atoms with Gasteiger partial charge in [0, 0.05) is 19.3 Å². The van der Waals surface area contributed by atoms with Gasteiger partial charge in [-0.05, 0) is 65.5 Å². The minimum absolute atomic E-state index is 0.0408. The van der Waals surface area contributed by atoms with Gasteiger partial charge in [0.2, 0.25) is 0 Å². The van der Waals surface area contributed by atoms with E-state index < -0.39 is 17.8 Å². The number of imidazole rings is 1. The number of nitrogens with one attached hydrogen (secondary N) is 1. The van der Waals surface area contributed by atoms with Gasteiger partial charge in [-0.15, -0.1) is 11.3 Å². The van der Waals surface area contributed by atoms with Gasteiger partial charge < -0.3 is 19.5 Å². The van der Waals surface area contributed by atoms with Crippen LogP contribution in [0, 0.1) is 5.82 Å². The van der Waals surface area contributed by atoms with E-state index in [-0.39, 0.29) is 18.0 Å². The molecular formula is C25H24BrFN4O4S. The van der Waals surface area contributed by atoms with Crippen molar-refractivity contribution in [1.29, 1.82) is 0 Å². The van der Waals surface area contributed by atoms with Crippen LogP contribution in [0.5, 0.6) is 5.75 Å². The highest BCUT2D eigenvalue weighted by Gasteiger charge is 2.31. The van der Waals surface area contributed by atoms with Gasteiger partial charge in [0.1, 0.15) is 29.7 Å². The lowest BCUT2D eigenvalue weighted by Crippen LogP contribution is -2.33. The topological polar surface area (TPSA) is 87.5 Å². The fourth-order valence-corrected chi connectivity index (χ4v) is 5.44. The van der Waals surface area contributed by atoms with E-state index in [1.165, 1.54) is 36.6 Å². The molecule has 1 saturated heterocycles. The van der Waals surface area contributed by atoms with Gasteiger partial charge in [-0.1, -0.05) is 12.1 Å². The van der Waals surface area contributed by atoms with E-state index in [4.69, 9.17) is 19.2 Å². The number of rotatable bonds is 8. The molecule has 1 aliphatic rings. The van der Waals surface area contributed by atoms with Gasteiger partial charge in [-0.2, -0.15) is 0 Å². The van der Waals surface area contributed by atoms with Crippen LogP contribution in [0.3, 0.4) is 0 Å². The van der Waals surface area contributed by atoms with Crippen LogP contribution >= 0.6 is 27.3 Å². The Balaban J connectivity index is 1.68. The number of amides is 1. The van der Waals surface area contributed by atoms with Crippen molar-refractivity contribution in [3.63, 3.8) is 0 Å². The molecule has 0 aliphatic carbocycles. The summed E-state index contributed by atoms with van der Waals surface area (Å²) in [6, 6.07) is 11.0. The van der Waals surface area contributed by atoms with Gasteiger partial charge in [0.15, 0.2) is 11.8 Å². The van der Waals surface area contributed by atoms with Gasteiger partial charge in [-0.3, -0.25) is 9.36 Å². The number of thiazole rings is 1. The molecular weight excluding hydrogens is 551 g/mol. The highest BCUT2D eigenvalue weighted by atomic mass is 79.9. The monoisotopic (exact) mass is 574 g/mol. The second-order valence-corrected chi connectivity index (χ2v) is 10.7. The molecule has 8 nitrogen and oxygen atoms in total. The first-order valence-electron chi connectivity index (χ1n) is 11.5. The molecule has 1 N–H and O–H groups in total. The molecule has 0 spiro atoms. The highest BCUT2D eigenvalue weighted by Crippen LogP contribution is 2.37. The summed E-state index contributed by atoms with van der Waals surface area (Å²) in [5, 5.41) is 3.29. The van der Waals surface area contributed by atoms with Crippen molar-refractivity contribution in [2.75, 3.05) is 20.5 Å². The number of para-hydroxylation sites is 2. The Labute approximate surface area is 219 Å². The van der Waals surface area contributed by atoms with Crippen LogP contribution in [-0.4, -0.2) is 41.0 Å². The average Bonchev–Trinajstić information content (AvgIpc) is 3.50. The molecule has 0 radical (unpaired) electrons. The standard InChI is InChI=1S/C25H24BrFN4O4S/c1-33-14-35-19-10-9-15(27)12-16(19)22(30-24(32)25-28-13-20(26)36-25)23-29-17-6-2-3-7-18(17)31(23)21-8-4-5-11-34-21/h2-3,6-7,9-10,12-13,21-22H,4-5,8,11,14H2,1H3,(H,30,32). The molecule has 1 amide bonds. The molecule has 5 rings (SSSR count). The van der Waals surface area contributed by atoms with Crippen molar-refractivity contribution < 1.29 is 23.4 Å². The van der Waals surface area contributed by atoms with E-state index in [9.17, 15) is 9.18 Å². The first kappa shape index (κ1) is 24.8. The van der Waals surface area contributed by atoms with E-state index >= 15 is 0 Å². The van der Waals surface area contributed by atoms with Gasteiger partial charge in [0.05, 0.1) is 21.0 Å². The maximum absolute atomic E-state index is 14.6. The fraction of sp³-hybridized carbons (Fsp3) is 0.320. The Hall–Kier alpha value is -2.86. The number of ether oxygens (including phenoxy) is 3. The molecule has 2 unspecified atom stereocenters.